The van der Waals surface area contributed by atoms with Crippen LogP contribution >= 0.6 is 27.3 Å². The van der Waals surface area contributed by atoms with E-state index in [1.165, 1.54) is 11.3 Å². The van der Waals surface area contributed by atoms with E-state index in [1.54, 1.807) is 0 Å². The molecule has 1 fully saturated rings. The molecule has 2 rings (SSSR count). The first-order valence-electron chi connectivity index (χ1n) is 4.38. The van der Waals surface area contributed by atoms with E-state index in [4.69, 9.17) is 4.74 Å². The minimum absolute atomic E-state index is 0.115. The molecule has 14 heavy (non-hydrogen) atoms. The molecule has 0 atom stereocenters. The first kappa shape index (κ1) is 10.1. The first-order chi connectivity index (χ1) is 6.77. The Hall–Kier alpha value is -0.390. The zero-order valence-corrected chi connectivity index (χ0v) is 9.94. The summed E-state index contributed by atoms with van der Waals surface area (Å²) in [5.41, 5.74) is 0. The molecule has 0 aromatic carbocycles. The molecule has 0 aliphatic carbocycles. The molecule has 1 aromatic rings. The van der Waals surface area contributed by atoms with Crippen molar-refractivity contribution in [2.24, 2.45) is 0 Å². The number of amides is 1. The zero-order valence-electron chi connectivity index (χ0n) is 7.53. The number of thiophene rings is 1. The van der Waals surface area contributed by atoms with Gasteiger partial charge >= 0.3 is 0 Å². The van der Waals surface area contributed by atoms with Gasteiger partial charge in [0.05, 0.1) is 18.1 Å². The van der Waals surface area contributed by atoms with Gasteiger partial charge in [0.25, 0.3) is 5.91 Å². The van der Waals surface area contributed by atoms with Gasteiger partial charge < -0.3 is 9.64 Å². The fourth-order valence-corrected chi connectivity index (χ4v) is 2.74. The van der Waals surface area contributed by atoms with Crippen LogP contribution in [-0.4, -0.2) is 37.1 Å². The number of morpholine rings is 1. The van der Waals surface area contributed by atoms with Crippen molar-refractivity contribution in [3.8, 4) is 0 Å². The van der Waals surface area contributed by atoms with Gasteiger partial charge in [-0.2, -0.15) is 0 Å². The Labute approximate surface area is 94.8 Å². The molecule has 2 heterocycles. The lowest BCUT2D eigenvalue weighted by Crippen LogP contribution is -2.40. The second kappa shape index (κ2) is 4.42. The van der Waals surface area contributed by atoms with Gasteiger partial charge in [-0.25, -0.2) is 0 Å². The van der Waals surface area contributed by atoms with E-state index in [0.717, 1.165) is 9.35 Å². The standard InChI is InChI=1S/C9H10BrNO2S/c10-7-5-8(14-6-7)9(12)11-1-3-13-4-2-11/h5-6H,1-4H2. The smallest absolute Gasteiger partial charge is 0.264 e. The average molecular weight is 276 g/mol. The van der Waals surface area contributed by atoms with E-state index >= 15 is 0 Å². The van der Waals surface area contributed by atoms with Crippen molar-refractivity contribution < 1.29 is 9.53 Å². The molecule has 1 aromatic heterocycles. The van der Waals surface area contributed by atoms with E-state index < -0.39 is 0 Å². The molecule has 0 unspecified atom stereocenters. The molecule has 0 saturated carbocycles. The number of ether oxygens (including phenoxy) is 1. The zero-order chi connectivity index (χ0) is 9.97. The topological polar surface area (TPSA) is 29.5 Å². The molecular formula is C9H10BrNO2S. The van der Waals surface area contributed by atoms with Crippen LogP contribution in [0.1, 0.15) is 9.67 Å². The Bertz CT molecular complexity index is 333. The van der Waals surface area contributed by atoms with Crippen LogP contribution in [0, 0.1) is 0 Å². The Kier molecular flexibility index (Phi) is 3.20. The van der Waals surface area contributed by atoms with Gasteiger partial charge in [0.2, 0.25) is 0 Å². The predicted molar refractivity (Wildman–Crippen MR) is 58.7 cm³/mol. The minimum atomic E-state index is 0.115. The van der Waals surface area contributed by atoms with Crippen molar-refractivity contribution in [3.05, 3.63) is 20.8 Å². The fourth-order valence-electron chi connectivity index (χ4n) is 1.35. The quantitative estimate of drug-likeness (QED) is 0.785. The summed E-state index contributed by atoms with van der Waals surface area (Å²) in [5.74, 6) is 0.115. The highest BCUT2D eigenvalue weighted by molar-refractivity contribution is 9.10. The van der Waals surface area contributed by atoms with E-state index in [0.29, 0.717) is 26.3 Å². The minimum Gasteiger partial charge on any atom is -0.378 e. The van der Waals surface area contributed by atoms with Crippen molar-refractivity contribution in [2.75, 3.05) is 26.3 Å². The van der Waals surface area contributed by atoms with Crippen molar-refractivity contribution in [3.63, 3.8) is 0 Å². The number of carbonyl (C=O) groups excluding carboxylic acids is 1. The number of rotatable bonds is 1. The van der Waals surface area contributed by atoms with E-state index in [-0.39, 0.29) is 5.91 Å². The molecule has 3 nitrogen and oxygen atoms in total. The average Bonchev–Trinajstić information content (AvgIpc) is 2.65. The molecular weight excluding hydrogens is 266 g/mol. The number of hydrogen-bond donors (Lipinski definition) is 0. The monoisotopic (exact) mass is 275 g/mol. The van der Waals surface area contributed by atoms with Crippen molar-refractivity contribution in [1.29, 1.82) is 0 Å². The third-order valence-corrected chi connectivity index (χ3v) is 3.76. The summed E-state index contributed by atoms with van der Waals surface area (Å²) in [6.45, 7) is 2.71. The maximum atomic E-state index is 11.9. The van der Waals surface area contributed by atoms with Gasteiger partial charge in [0.1, 0.15) is 0 Å². The third kappa shape index (κ3) is 2.16. The molecule has 0 spiro atoms. The van der Waals surface area contributed by atoms with Gasteiger partial charge in [-0.15, -0.1) is 11.3 Å². The van der Waals surface area contributed by atoms with Crippen molar-refractivity contribution in [2.45, 2.75) is 0 Å². The van der Waals surface area contributed by atoms with Gasteiger partial charge in [-0.1, -0.05) is 0 Å². The molecule has 5 heteroatoms. The van der Waals surface area contributed by atoms with Crippen LogP contribution in [0.25, 0.3) is 0 Å². The first-order valence-corrected chi connectivity index (χ1v) is 6.06. The Morgan fingerprint density at radius 3 is 2.79 bits per heavy atom. The summed E-state index contributed by atoms with van der Waals surface area (Å²) in [6.07, 6.45) is 0. The lowest BCUT2D eigenvalue weighted by atomic mass is 10.3. The van der Waals surface area contributed by atoms with Crippen LogP contribution in [0.5, 0.6) is 0 Å². The molecule has 0 N–H and O–H groups in total. The van der Waals surface area contributed by atoms with Gasteiger partial charge in [-0.3, -0.25) is 4.79 Å². The van der Waals surface area contributed by atoms with Crippen LogP contribution in [0.15, 0.2) is 15.9 Å². The summed E-state index contributed by atoms with van der Waals surface area (Å²) in [4.78, 5) is 14.5. The highest BCUT2D eigenvalue weighted by Crippen LogP contribution is 2.21. The SMILES string of the molecule is O=C(c1cc(Br)cs1)N1CCOCC1. The normalized spacial score (nSPS) is 17.1. The lowest BCUT2D eigenvalue weighted by molar-refractivity contribution is 0.0306. The largest absolute Gasteiger partial charge is 0.378 e. The van der Waals surface area contributed by atoms with Crippen LogP contribution in [0.4, 0.5) is 0 Å². The Morgan fingerprint density at radius 1 is 1.50 bits per heavy atom. The predicted octanol–water partition coefficient (Wildman–Crippen LogP) is 1.98. The van der Waals surface area contributed by atoms with Gasteiger partial charge in [0, 0.05) is 22.9 Å². The second-order valence-corrected chi connectivity index (χ2v) is 4.86. The third-order valence-electron chi connectivity index (χ3n) is 2.08. The fraction of sp³-hybridized carbons (Fsp3) is 0.444. The van der Waals surface area contributed by atoms with E-state index in [1.807, 2.05) is 16.3 Å². The molecule has 0 bridgehead atoms. The summed E-state index contributed by atoms with van der Waals surface area (Å²) in [6, 6.07) is 1.86. The number of hydrogen-bond acceptors (Lipinski definition) is 3. The van der Waals surface area contributed by atoms with Crippen LogP contribution in [-0.2, 0) is 4.74 Å². The summed E-state index contributed by atoms with van der Waals surface area (Å²) >= 11 is 4.81. The van der Waals surface area contributed by atoms with Crippen LogP contribution in [0.3, 0.4) is 0 Å². The Morgan fingerprint density at radius 2 is 2.21 bits per heavy atom. The van der Waals surface area contributed by atoms with Gasteiger partial charge in [-0.05, 0) is 22.0 Å². The number of halogens is 1. The maximum Gasteiger partial charge on any atom is 0.264 e. The van der Waals surface area contributed by atoms with Crippen LogP contribution in [0.2, 0.25) is 0 Å². The number of carbonyl (C=O) groups is 1. The Balaban J connectivity index is 2.07. The highest BCUT2D eigenvalue weighted by Gasteiger charge is 2.19. The molecule has 0 radical (unpaired) electrons. The van der Waals surface area contributed by atoms with Crippen molar-refractivity contribution in [1.82, 2.24) is 4.90 Å². The summed E-state index contributed by atoms with van der Waals surface area (Å²) in [7, 11) is 0. The van der Waals surface area contributed by atoms with Crippen LogP contribution < -0.4 is 0 Å². The molecule has 1 amide bonds. The highest BCUT2D eigenvalue weighted by atomic mass is 79.9. The second-order valence-electron chi connectivity index (χ2n) is 3.03. The summed E-state index contributed by atoms with van der Waals surface area (Å²) < 4.78 is 6.16. The maximum absolute atomic E-state index is 11.9. The van der Waals surface area contributed by atoms with E-state index in [9.17, 15) is 4.79 Å². The molecule has 1 saturated heterocycles. The van der Waals surface area contributed by atoms with E-state index in [2.05, 4.69) is 15.9 Å². The molecule has 1 aliphatic heterocycles. The molecule has 76 valence electrons. The summed E-state index contributed by atoms with van der Waals surface area (Å²) in [5, 5.41) is 1.92. The van der Waals surface area contributed by atoms with Gasteiger partial charge in [0.15, 0.2) is 0 Å². The molecule has 1 aliphatic rings. The lowest BCUT2D eigenvalue weighted by Gasteiger charge is -2.26. The van der Waals surface area contributed by atoms with Crippen molar-refractivity contribution >= 4 is 33.2 Å². The number of nitrogens with zero attached hydrogens (tertiary/aromatic N) is 1.